The van der Waals surface area contributed by atoms with Gasteiger partial charge in [0.15, 0.2) is 0 Å². The van der Waals surface area contributed by atoms with Gasteiger partial charge in [-0.25, -0.2) is 8.42 Å². The molecule has 3 aromatic rings. The Kier molecular flexibility index (Phi) is 7.97. The van der Waals surface area contributed by atoms with Gasteiger partial charge in [0, 0.05) is 18.3 Å². The number of rotatable bonds is 10. The molecule has 0 aliphatic carbocycles. The molecule has 0 aliphatic heterocycles. The maximum atomic E-state index is 12.8. The lowest BCUT2D eigenvalue weighted by Crippen LogP contribution is -2.30. The number of esters is 1. The quantitative estimate of drug-likeness (QED) is 0.364. The first-order valence-corrected chi connectivity index (χ1v) is 12.0. The van der Waals surface area contributed by atoms with E-state index in [1.165, 1.54) is 12.1 Å². The molecule has 0 amide bonds. The molecule has 0 spiro atoms. The number of aryl methyl sites for hydroxylation is 1. The number of ether oxygens (including phenoxy) is 1. The summed E-state index contributed by atoms with van der Waals surface area (Å²) in [4.78, 5) is 24.2. The molecule has 0 saturated heterocycles. The highest BCUT2D eigenvalue weighted by Crippen LogP contribution is 2.14. The topological polar surface area (TPSA) is 94.5 Å². The minimum atomic E-state index is -3.81. The van der Waals surface area contributed by atoms with Crippen molar-refractivity contribution < 1.29 is 22.7 Å². The summed E-state index contributed by atoms with van der Waals surface area (Å²) in [5.41, 5.74) is 3.13. The third-order valence-corrected chi connectivity index (χ3v) is 6.31. The molecule has 172 valence electrons. The van der Waals surface area contributed by atoms with E-state index in [1.807, 2.05) is 60.2 Å². The number of ketones is 1. The fourth-order valence-corrected chi connectivity index (χ4v) is 4.11. The molecule has 0 radical (unpaired) electrons. The predicted octanol–water partition coefficient (Wildman–Crippen LogP) is 3.58. The van der Waals surface area contributed by atoms with Gasteiger partial charge in [-0.15, -0.1) is 0 Å². The van der Waals surface area contributed by atoms with E-state index in [-0.39, 0.29) is 17.3 Å². The maximum absolute atomic E-state index is 12.8. The van der Waals surface area contributed by atoms with Crippen molar-refractivity contribution in [2.75, 3.05) is 13.2 Å². The first kappa shape index (κ1) is 24.2. The van der Waals surface area contributed by atoms with E-state index >= 15 is 0 Å². The molecule has 33 heavy (non-hydrogen) atoms. The molecule has 0 fully saturated rings. The summed E-state index contributed by atoms with van der Waals surface area (Å²) in [5, 5.41) is 0. The van der Waals surface area contributed by atoms with Crippen molar-refractivity contribution in [2.24, 2.45) is 0 Å². The van der Waals surface area contributed by atoms with Crippen LogP contribution in [0.5, 0.6) is 0 Å². The molecule has 1 N–H and O–H groups in total. The van der Waals surface area contributed by atoms with Crippen molar-refractivity contribution in [3.8, 4) is 0 Å². The smallest absolute Gasteiger partial charge is 0.321 e. The van der Waals surface area contributed by atoms with Gasteiger partial charge in [0.05, 0.1) is 17.2 Å². The van der Waals surface area contributed by atoms with Crippen LogP contribution in [0.15, 0.2) is 77.8 Å². The largest absolute Gasteiger partial charge is 0.465 e. The van der Waals surface area contributed by atoms with Gasteiger partial charge in [-0.2, -0.15) is 4.72 Å². The number of benzene rings is 2. The average Bonchev–Trinajstić information content (AvgIpc) is 3.27. The van der Waals surface area contributed by atoms with Crippen molar-refractivity contribution in [1.82, 2.24) is 9.29 Å². The fourth-order valence-electron chi connectivity index (χ4n) is 3.14. The Hall–Kier alpha value is -3.49. The van der Waals surface area contributed by atoms with Crippen LogP contribution < -0.4 is 4.72 Å². The van der Waals surface area contributed by atoms with Gasteiger partial charge in [-0.3, -0.25) is 9.59 Å². The minimum absolute atomic E-state index is 0.0433. The zero-order valence-corrected chi connectivity index (χ0v) is 19.3. The molecule has 0 unspecified atom stereocenters. The summed E-state index contributed by atoms with van der Waals surface area (Å²) < 4.78 is 33.4. The van der Waals surface area contributed by atoms with Gasteiger partial charge in [0.2, 0.25) is 15.8 Å². The molecular weight excluding hydrogens is 440 g/mol. The van der Waals surface area contributed by atoms with E-state index in [0.717, 1.165) is 11.1 Å². The van der Waals surface area contributed by atoms with Crippen LogP contribution in [0.4, 0.5) is 0 Å². The summed E-state index contributed by atoms with van der Waals surface area (Å²) >= 11 is 0. The number of nitrogens with one attached hydrogen (secondary N) is 1. The molecule has 1 aromatic heterocycles. The number of carbonyl (C=O) groups is 2. The van der Waals surface area contributed by atoms with Crippen LogP contribution in [0.3, 0.4) is 0 Å². The average molecular weight is 467 g/mol. The normalized spacial score (nSPS) is 11.6. The number of sulfonamides is 1. The molecule has 2 aromatic carbocycles. The monoisotopic (exact) mass is 466 g/mol. The Bertz CT molecular complexity index is 1240. The first-order valence-electron chi connectivity index (χ1n) is 10.5. The van der Waals surface area contributed by atoms with Gasteiger partial charge in [-0.05, 0) is 43.7 Å². The maximum Gasteiger partial charge on any atom is 0.321 e. The molecular formula is C25H26N2O5S. The standard InChI is InChI=1S/C25H26N2O5S/c1-3-32-24(28)18-26-33(30,31)22-14-10-20(11-15-22)6-4-16-27-17-5-7-23(27)25(29)21-12-8-19(2)9-13-21/h4-15,17,26H,3,16,18H2,1-2H3/b6-4+. The van der Waals surface area contributed by atoms with E-state index in [1.54, 1.807) is 25.1 Å². The second kappa shape index (κ2) is 10.9. The second-order valence-electron chi connectivity index (χ2n) is 7.34. The Morgan fingerprint density at radius 1 is 1.03 bits per heavy atom. The zero-order chi connectivity index (χ0) is 23.8. The summed E-state index contributed by atoms with van der Waals surface area (Å²) in [6.45, 7) is 3.88. The molecule has 7 nitrogen and oxygen atoms in total. The van der Waals surface area contributed by atoms with E-state index in [2.05, 4.69) is 4.72 Å². The Labute approximate surface area is 193 Å². The molecule has 3 rings (SSSR count). The fraction of sp³-hybridized carbons (Fsp3) is 0.200. The molecule has 8 heteroatoms. The van der Waals surface area contributed by atoms with Crippen LogP contribution >= 0.6 is 0 Å². The van der Waals surface area contributed by atoms with Crippen molar-refractivity contribution in [2.45, 2.75) is 25.3 Å². The van der Waals surface area contributed by atoms with Gasteiger partial charge < -0.3 is 9.30 Å². The number of aromatic nitrogens is 1. The third kappa shape index (κ3) is 6.50. The molecule has 0 saturated carbocycles. The van der Waals surface area contributed by atoms with E-state index in [4.69, 9.17) is 4.74 Å². The van der Waals surface area contributed by atoms with Crippen molar-refractivity contribution in [1.29, 1.82) is 0 Å². The van der Waals surface area contributed by atoms with Crippen LogP contribution in [-0.2, 0) is 26.1 Å². The van der Waals surface area contributed by atoms with E-state index in [0.29, 0.717) is 17.8 Å². The summed E-state index contributed by atoms with van der Waals surface area (Å²) in [7, 11) is -3.81. The number of nitrogens with zero attached hydrogens (tertiary/aromatic N) is 1. The summed E-state index contributed by atoms with van der Waals surface area (Å²) in [6, 6.07) is 17.4. The van der Waals surface area contributed by atoms with Gasteiger partial charge in [0.1, 0.15) is 6.54 Å². The van der Waals surface area contributed by atoms with Gasteiger partial charge in [0.25, 0.3) is 0 Å². The minimum Gasteiger partial charge on any atom is -0.465 e. The van der Waals surface area contributed by atoms with Crippen LogP contribution in [-0.4, -0.2) is 37.9 Å². The number of carbonyl (C=O) groups excluding carboxylic acids is 2. The number of hydrogen-bond donors (Lipinski definition) is 1. The van der Waals surface area contributed by atoms with Crippen LogP contribution in [0, 0.1) is 6.92 Å². The number of allylic oxidation sites excluding steroid dienone is 1. The Morgan fingerprint density at radius 2 is 1.73 bits per heavy atom. The lowest BCUT2D eigenvalue weighted by molar-refractivity contribution is -0.141. The van der Waals surface area contributed by atoms with Crippen LogP contribution in [0.2, 0.25) is 0 Å². The lowest BCUT2D eigenvalue weighted by atomic mass is 10.1. The molecule has 1 heterocycles. The highest BCUT2D eigenvalue weighted by atomic mass is 32.2. The zero-order valence-electron chi connectivity index (χ0n) is 18.5. The Balaban J connectivity index is 1.63. The first-order chi connectivity index (χ1) is 15.8. The van der Waals surface area contributed by atoms with Crippen LogP contribution in [0.25, 0.3) is 6.08 Å². The predicted molar refractivity (Wildman–Crippen MR) is 126 cm³/mol. The SMILES string of the molecule is CCOC(=O)CNS(=O)(=O)c1ccc(/C=C/Cn2cccc2C(=O)c2ccc(C)cc2)cc1. The number of hydrogen-bond acceptors (Lipinski definition) is 5. The highest BCUT2D eigenvalue weighted by Gasteiger charge is 2.16. The van der Waals surface area contributed by atoms with Crippen molar-refractivity contribution >= 4 is 27.9 Å². The van der Waals surface area contributed by atoms with Gasteiger partial charge in [-0.1, -0.05) is 54.1 Å². The molecule has 0 bridgehead atoms. The summed E-state index contributed by atoms with van der Waals surface area (Å²) in [6.07, 6.45) is 5.59. The Morgan fingerprint density at radius 3 is 2.39 bits per heavy atom. The van der Waals surface area contributed by atoms with Crippen molar-refractivity contribution in [3.05, 3.63) is 95.3 Å². The molecule has 0 aliphatic rings. The van der Waals surface area contributed by atoms with E-state index < -0.39 is 22.5 Å². The highest BCUT2D eigenvalue weighted by molar-refractivity contribution is 7.89. The van der Waals surface area contributed by atoms with Crippen molar-refractivity contribution in [3.63, 3.8) is 0 Å². The van der Waals surface area contributed by atoms with E-state index in [9.17, 15) is 18.0 Å². The second-order valence-corrected chi connectivity index (χ2v) is 9.11. The molecule has 0 atom stereocenters. The third-order valence-electron chi connectivity index (χ3n) is 4.89. The van der Waals surface area contributed by atoms with Crippen LogP contribution in [0.1, 0.15) is 34.1 Å². The van der Waals surface area contributed by atoms with Gasteiger partial charge >= 0.3 is 5.97 Å². The summed E-state index contributed by atoms with van der Waals surface area (Å²) in [5.74, 6) is -0.677. The lowest BCUT2D eigenvalue weighted by Gasteiger charge is -2.07.